The minimum atomic E-state index is 0.417. The second-order valence-corrected chi connectivity index (χ2v) is 11.3. The average molecular weight is 503 g/mol. The Morgan fingerprint density at radius 2 is 1.71 bits per heavy atom. The van der Waals surface area contributed by atoms with Gasteiger partial charge >= 0.3 is 0 Å². The Labute approximate surface area is 221 Å². The monoisotopic (exact) mass is 502 g/mol. The first-order valence-electron chi connectivity index (χ1n) is 14.1. The highest BCUT2D eigenvalue weighted by Crippen LogP contribution is 2.26. The fourth-order valence-electron chi connectivity index (χ4n) is 5.17. The number of hydrogen-bond donors (Lipinski definition) is 0. The van der Waals surface area contributed by atoms with E-state index in [9.17, 15) is 4.79 Å². The molecule has 3 fully saturated rings. The van der Waals surface area contributed by atoms with Crippen molar-refractivity contribution >= 4 is 17.9 Å². The van der Waals surface area contributed by atoms with Crippen LogP contribution in [0.25, 0.3) is 0 Å². The van der Waals surface area contributed by atoms with E-state index in [1.54, 1.807) is 12.1 Å². The van der Waals surface area contributed by atoms with Crippen LogP contribution in [0.1, 0.15) is 109 Å². The van der Waals surface area contributed by atoms with Gasteiger partial charge in [0.2, 0.25) is 0 Å². The molecule has 2 aliphatic carbocycles. The maximum atomic E-state index is 10.0. The number of nitriles is 1. The van der Waals surface area contributed by atoms with E-state index in [0.717, 1.165) is 42.4 Å². The fraction of sp³-hybridized carbons (Fsp3) is 0.742. The molecule has 1 saturated heterocycles. The van der Waals surface area contributed by atoms with E-state index in [0.29, 0.717) is 16.5 Å². The lowest BCUT2D eigenvalue weighted by molar-refractivity contribution is -0.110. The predicted molar refractivity (Wildman–Crippen MR) is 151 cm³/mol. The van der Waals surface area contributed by atoms with Crippen molar-refractivity contribution < 1.29 is 4.79 Å². The Bertz CT molecular complexity index is 732. The summed E-state index contributed by atoms with van der Waals surface area (Å²) in [6.07, 6.45) is 17.6. The minimum absolute atomic E-state index is 0.417. The molecule has 0 radical (unpaired) electrons. The SMILES string of the molecule is CCC(C)C1CCN(C)C1.CCC1CCCCC1.Cc1ccc(C#N)c(Cl)c1.O=CC1CCCC1. The van der Waals surface area contributed by atoms with Gasteiger partial charge in [0.25, 0.3) is 0 Å². The van der Waals surface area contributed by atoms with Crippen LogP contribution in [0.2, 0.25) is 5.02 Å². The Hall–Kier alpha value is -1.37. The van der Waals surface area contributed by atoms with Crippen molar-refractivity contribution in [1.82, 2.24) is 4.90 Å². The lowest BCUT2D eigenvalue weighted by Crippen LogP contribution is -2.17. The van der Waals surface area contributed by atoms with Gasteiger partial charge in [-0.15, -0.1) is 0 Å². The van der Waals surface area contributed by atoms with Crippen molar-refractivity contribution in [2.75, 3.05) is 20.1 Å². The third-order valence-electron chi connectivity index (χ3n) is 8.02. The van der Waals surface area contributed by atoms with Gasteiger partial charge in [0.05, 0.1) is 10.6 Å². The maximum absolute atomic E-state index is 10.0. The number of aryl methyl sites for hydroxylation is 1. The van der Waals surface area contributed by atoms with Crippen molar-refractivity contribution in [1.29, 1.82) is 5.26 Å². The molecule has 198 valence electrons. The van der Waals surface area contributed by atoms with Crippen LogP contribution in [0.4, 0.5) is 0 Å². The van der Waals surface area contributed by atoms with E-state index in [1.807, 2.05) is 19.1 Å². The van der Waals surface area contributed by atoms with Crippen LogP contribution in [0.15, 0.2) is 18.2 Å². The minimum Gasteiger partial charge on any atom is -0.306 e. The third-order valence-corrected chi connectivity index (χ3v) is 8.33. The fourth-order valence-corrected chi connectivity index (χ4v) is 5.44. The molecule has 3 aliphatic rings. The summed E-state index contributed by atoms with van der Waals surface area (Å²) in [6.45, 7) is 11.6. The highest BCUT2D eigenvalue weighted by Gasteiger charge is 2.23. The lowest BCUT2D eigenvalue weighted by atomic mass is 9.88. The second kappa shape index (κ2) is 18.8. The van der Waals surface area contributed by atoms with Gasteiger partial charge in [-0.2, -0.15) is 5.26 Å². The van der Waals surface area contributed by atoms with Crippen molar-refractivity contribution in [3.05, 3.63) is 34.3 Å². The van der Waals surface area contributed by atoms with Gasteiger partial charge in [-0.3, -0.25) is 0 Å². The molecule has 0 bridgehead atoms. The Balaban J connectivity index is 0.000000236. The van der Waals surface area contributed by atoms with Crippen molar-refractivity contribution in [2.45, 2.75) is 105 Å². The second-order valence-electron chi connectivity index (χ2n) is 10.9. The molecule has 35 heavy (non-hydrogen) atoms. The summed E-state index contributed by atoms with van der Waals surface area (Å²) >= 11 is 5.71. The Morgan fingerprint density at radius 1 is 1.09 bits per heavy atom. The van der Waals surface area contributed by atoms with Crippen molar-refractivity contribution in [3.8, 4) is 6.07 Å². The molecule has 1 aliphatic heterocycles. The molecule has 0 amide bonds. The summed E-state index contributed by atoms with van der Waals surface area (Å²) < 4.78 is 0. The smallest absolute Gasteiger partial charge is 0.123 e. The summed E-state index contributed by atoms with van der Waals surface area (Å²) in [5, 5.41) is 9.00. The molecule has 0 N–H and O–H groups in total. The zero-order chi connectivity index (χ0) is 26.1. The van der Waals surface area contributed by atoms with Crippen molar-refractivity contribution in [2.24, 2.45) is 23.7 Å². The molecule has 1 heterocycles. The first kappa shape index (κ1) is 31.7. The van der Waals surface area contributed by atoms with Crippen LogP contribution in [0.3, 0.4) is 0 Å². The van der Waals surface area contributed by atoms with Crippen LogP contribution < -0.4 is 0 Å². The van der Waals surface area contributed by atoms with Gasteiger partial charge in [0, 0.05) is 12.5 Å². The van der Waals surface area contributed by atoms with E-state index in [1.165, 1.54) is 77.3 Å². The van der Waals surface area contributed by atoms with Gasteiger partial charge in [-0.05, 0) is 75.2 Å². The van der Waals surface area contributed by atoms with E-state index < -0.39 is 0 Å². The van der Waals surface area contributed by atoms with Gasteiger partial charge in [-0.25, -0.2) is 0 Å². The van der Waals surface area contributed by atoms with E-state index >= 15 is 0 Å². The normalized spacial score (nSPS) is 21.3. The van der Waals surface area contributed by atoms with E-state index in [-0.39, 0.29) is 0 Å². The number of hydrogen-bond acceptors (Lipinski definition) is 3. The number of aldehydes is 1. The largest absolute Gasteiger partial charge is 0.306 e. The van der Waals surface area contributed by atoms with Crippen molar-refractivity contribution in [3.63, 3.8) is 0 Å². The molecule has 4 rings (SSSR count). The predicted octanol–water partition coefficient (Wildman–Crippen LogP) is 8.86. The highest BCUT2D eigenvalue weighted by atomic mass is 35.5. The number of halogens is 1. The number of benzene rings is 1. The number of rotatable bonds is 4. The van der Waals surface area contributed by atoms with Gasteiger partial charge in [0.15, 0.2) is 0 Å². The summed E-state index contributed by atoms with van der Waals surface area (Å²) in [5.74, 6) is 3.42. The first-order chi connectivity index (χ1) is 16.8. The summed E-state index contributed by atoms with van der Waals surface area (Å²) in [7, 11) is 2.22. The molecule has 2 unspecified atom stereocenters. The van der Waals surface area contributed by atoms with E-state index in [4.69, 9.17) is 16.9 Å². The lowest BCUT2D eigenvalue weighted by Gasteiger charge is -2.18. The zero-order valence-corrected chi connectivity index (χ0v) is 24.0. The van der Waals surface area contributed by atoms with Crippen LogP contribution >= 0.6 is 11.6 Å². The molecule has 0 aromatic heterocycles. The molecular formula is C31H51ClN2O. The topological polar surface area (TPSA) is 44.1 Å². The average Bonchev–Trinajstić information content (AvgIpc) is 3.57. The third kappa shape index (κ3) is 13.5. The highest BCUT2D eigenvalue weighted by molar-refractivity contribution is 6.31. The first-order valence-corrected chi connectivity index (χ1v) is 14.5. The number of carbonyl (C=O) groups excluding carboxylic acids is 1. The number of carbonyl (C=O) groups is 1. The molecule has 2 saturated carbocycles. The summed E-state index contributed by atoms with van der Waals surface area (Å²) in [6, 6.07) is 7.35. The standard InChI is InChI=1S/C9H19N.C8H6ClN.C8H16.C6H10O/c1-4-8(2)9-5-6-10(3)7-9;1-6-2-3-7(5-10)8(9)4-6;1-2-8-6-4-3-5-7-8;7-5-6-3-1-2-4-6/h8-9H,4-7H2,1-3H3;2-4H,1H3;8H,2-7H2,1H3;5-6H,1-4H2. The van der Waals surface area contributed by atoms with Crippen LogP contribution in [0, 0.1) is 41.9 Å². The van der Waals surface area contributed by atoms with Gasteiger partial charge < -0.3 is 9.69 Å². The van der Waals surface area contributed by atoms with Gasteiger partial charge in [0.1, 0.15) is 12.4 Å². The molecule has 0 spiro atoms. The Morgan fingerprint density at radius 3 is 2.11 bits per heavy atom. The quantitative estimate of drug-likeness (QED) is 0.386. The zero-order valence-electron chi connectivity index (χ0n) is 23.2. The molecule has 2 atom stereocenters. The molecule has 4 heteroatoms. The molecule has 1 aromatic carbocycles. The van der Waals surface area contributed by atoms with Gasteiger partial charge in [-0.1, -0.05) is 96.2 Å². The molecular weight excluding hydrogens is 452 g/mol. The molecule has 3 nitrogen and oxygen atoms in total. The molecule has 1 aromatic rings. The van der Waals surface area contributed by atoms with Crippen LogP contribution in [-0.4, -0.2) is 31.3 Å². The number of likely N-dealkylation sites (tertiary alicyclic amines) is 1. The Kier molecular flexibility index (Phi) is 17.0. The van der Waals surface area contributed by atoms with Crippen LogP contribution in [0.5, 0.6) is 0 Å². The summed E-state index contributed by atoms with van der Waals surface area (Å²) in [4.78, 5) is 12.4. The van der Waals surface area contributed by atoms with Crippen LogP contribution in [-0.2, 0) is 4.79 Å². The van der Waals surface area contributed by atoms with E-state index in [2.05, 4.69) is 32.7 Å². The summed E-state index contributed by atoms with van der Waals surface area (Å²) in [5.41, 5.74) is 1.61. The number of nitrogens with zero attached hydrogens (tertiary/aromatic N) is 2. The maximum Gasteiger partial charge on any atom is 0.123 e.